The van der Waals surface area contributed by atoms with E-state index in [4.69, 9.17) is 4.42 Å². The number of hydrogen-bond acceptors (Lipinski definition) is 4. The second-order valence-corrected chi connectivity index (χ2v) is 5.24. The molecule has 3 aromatic rings. The molecule has 118 valence electrons. The van der Waals surface area contributed by atoms with Gasteiger partial charge in [-0.25, -0.2) is 4.79 Å². The second-order valence-electron chi connectivity index (χ2n) is 5.24. The van der Waals surface area contributed by atoms with E-state index in [9.17, 15) is 9.59 Å². The van der Waals surface area contributed by atoms with Crippen LogP contribution in [0.3, 0.4) is 0 Å². The number of rotatable bonds is 5. The van der Waals surface area contributed by atoms with Crippen molar-refractivity contribution in [2.24, 2.45) is 0 Å². The van der Waals surface area contributed by atoms with E-state index in [1.165, 1.54) is 4.57 Å². The van der Waals surface area contributed by atoms with Crippen LogP contribution in [0.2, 0.25) is 0 Å². The van der Waals surface area contributed by atoms with Crippen LogP contribution in [0.5, 0.6) is 0 Å². The molecule has 0 radical (unpaired) electrons. The third-order valence-corrected chi connectivity index (χ3v) is 3.69. The van der Waals surface area contributed by atoms with E-state index in [1.54, 1.807) is 37.4 Å². The molecule has 0 aliphatic heterocycles. The molecule has 0 bridgehead atoms. The number of hydrogen-bond donors (Lipinski definition) is 1. The molecule has 0 aliphatic rings. The van der Waals surface area contributed by atoms with Crippen LogP contribution < -0.4 is 11.1 Å². The van der Waals surface area contributed by atoms with Gasteiger partial charge >= 0.3 is 5.76 Å². The van der Waals surface area contributed by atoms with Gasteiger partial charge in [0.05, 0.1) is 5.52 Å². The van der Waals surface area contributed by atoms with Gasteiger partial charge in [-0.05, 0) is 31.2 Å². The highest BCUT2D eigenvalue weighted by atomic mass is 16.4. The molecule has 0 aliphatic carbocycles. The molecule has 0 saturated heterocycles. The van der Waals surface area contributed by atoms with Crippen LogP contribution in [-0.4, -0.2) is 22.0 Å². The predicted molar refractivity (Wildman–Crippen MR) is 86.1 cm³/mol. The molecule has 1 N–H and O–H groups in total. The summed E-state index contributed by atoms with van der Waals surface area (Å²) in [6, 6.07) is 12.1. The Kier molecular flexibility index (Phi) is 4.23. The van der Waals surface area contributed by atoms with Crippen LogP contribution in [0, 0.1) is 0 Å². The minimum absolute atomic E-state index is 0.227. The number of nitrogens with zero attached hydrogens (tertiary/aromatic N) is 2. The van der Waals surface area contributed by atoms with Gasteiger partial charge in [-0.15, -0.1) is 0 Å². The van der Waals surface area contributed by atoms with Crippen LogP contribution in [0.1, 0.15) is 18.7 Å². The van der Waals surface area contributed by atoms with E-state index in [2.05, 4.69) is 10.3 Å². The van der Waals surface area contributed by atoms with Crippen molar-refractivity contribution in [2.45, 2.75) is 19.4 Å². The summed E-state index contributed by atoms with van der Waals surface area (Å²) in [5, 5.41) is 2.83. The molecule has 0 fully saturated rings. The number of carbonyl (C=O) groups excluding carboxylic acids is 1. The fourth-order valence-corrected chi connectivity index (χ4v) is 2.48. The Morgan fingerprint density at radius 1 is 1.26 bits per heavy atom. The average molecular weight is 311 g/mol. The summed E-state index contributed by atoms with van der Waals surface area (Å²) in [7, 11) is 0. The minimum Gasteiger partial charge on any atom is -0.408 e. The molecule has 6 nitrogen and oxygen atoms in total. The van der Waals surface area contributed by atoms with Gasteiger partial charge in [0, 0.05) is 24.9 Å². The largest absolute Gasteiger partial charge is 0.420 e. The zero-order valence-electron chi connectivity index (χ0n) is 12.7. The Morgan fingerprint density at radius 2 is 2.04 bits per heavy atom. The lowest BCUT2D eigenvalue weighted by Crippen LogP contribution is -2.35. The Bertz CT molecular complexity index is 867. The van der Waals surface area contributed by atoms with Gasteiger partial charge in [0.2, 0.25) is 5.91 Å². The summed E-state index contributed by atoms with van der Waals surface area (Å²) in [6.45, 7) is 2.14. The number of nitrogens with one attached hydrogen (secondary N) is 1. The number of fused-ring (bicyclic) bond motifs is 1. The van der Waals surface area contributed by atoms with Crippen LogP contribution in [0.15, 0.2) is 57.9 Å². The zero-order valence-corrected chi connectivity index (χ0v) is 12.7. The maximum atomic E-state index is 12.3. The van der Waals surface area contributed by atoms with Gasteiger partial charge in [0.15, 0.2) is 5.58 Å². The molecule has 1 amide bonds. The number of benzene rings is 1. The number of amides is 1. The first-order valence-corrected chi connectivity index (χ1v) is 7.44. The van der Waals surface area contributed by atoms with Crippen molar-refractivity contribution in [3.63, 3.8) is 0 Å². The molecule has 23 heavy (non-hydrogen) atoms. The van der Waals surface area contributed by atoms with Crippen molar-refractivity contribution in [2.75, 3.05) is 6.54 Å². The third-order valence-electron chi connectivity index (χ3n) is 3.69. The average Bonchev–Trinajstić information content (AvgIpc) is 2.90. The Labute approximate surface area is 132 Å². The van der Waals surface area contributed by atoms with E-state index < -0.39 is 11.8 Å². The lowest BCUT2D eigenvalue weighted by atomic mass is 10.2. The molecular formula is C17H17N3O3. The number of pyridine rings is 1. The summed E-state index contributed by atoms with van der Waals surface area (Å²) >= 11 is 0. The van der Waals surface area contributed by atoms with Gasteiger partial charge in [0.25, 0.3) is 0 Å². The third kappa shape index (κ3) is 3.15. The molecule has 3 rings (SSSR count). The van der Waals surface area contributed by atoms with Crippen molar-refractivity contribution in [3.8, 4) is 0 Å². The lowest BCUT2D eigenvalue weighted by molar-refractivity contribution is -0.123. The number of aromatic nitrogens is 2. The summed E-state index contributed by atoms with van der Waals surface area (Å²) < 4.78 is 6.53. The first-order valence-electron chi connectivity index (χ1n) is 7.44. The first kappa shape index (κ1) is 15.0. The fraction of sp³-hybridized carbons (Fsp3) is 0.235. The molecule has 0 saturated carbocycles. The van der Waals surface area contributed by atoms with Gasteiger partial charge in [-0.1, -0.05) is 18.2 Å². The smallest absolute Gasteiger partial charge is 0.408 e. The van der Waals surface area contributed by atoms with Crippen molar-refractivity contribution in [3.05, 3.63) is 64.9 Å². The molecule has 2 aromatic heterocycles. The number of oxazole rings is 1. The van der Waals surface area contributed by atoms with E-state index >= 15 is 0 Å². The van der Waals surface area contributed by atoms with Gasteiger partial charge in [-0.2, -0.15) is 0 Å². The molecule has 1 aromatic carbocycles. The zero-order chi connectivity index (χ0) is 16.2. The summed E-state index contributed by atoms with van der Waals surface area (Å²) in [5.41, 5.74) is 2.00. The SMILES string of the molecule is CC(C(=O)NCCc1ccccn1)n1c(=O)oc2ccccc21. The monoisotopic (exact) mass is 311 g/mol. The summed E-state index contributed by atoms with van der Waals surface area (Å²) in [6.07, 6.45) is 2.36. The molecule has 1 atom stereocenters. The van der Waals surface area contributed by atoms with Crippen LogP contribution in [0.4, 0.5) is 0 Å². The van der Waals surface area contributed by atoms with Crippen molar-refractivity contribution >= 4 is 17.0 Å². The standard InChI is InChI=1S/C17H17N3O3/c1-12(16(21)19-11-9-13-6-4-5-10-18-13)20-14-7-2-3-8-15(14)23-17(20)22/h2-8,10,12H,9,11H2,1H3,(H,19,21). The number of carbonyl (C=O) groups is 1. The molecule has 6 heteroatoms. The normalized spacial score (nSPS) is 12.2. The lowest BCUT2D eigenvalue weighted by Gasteiger charge is -2.13. The van der Waals surface area contributed by atoms with Gasteiger partial charge in [0.1, 0.15) is 6.04 Å². The predicted octanol–water partition coefficient (Wildman–Crippen LogP) is 1.91. The maximum absolute atomic E-state index is 12.3. The van der Waals surface area contributed by atoms with Crippen LogP contribution in [0.25, 0.3) is 11.1 Å². The highest BCUT2D eigenvalue weighted by Gasteiger charge is 2.20. The second kappa shape index (κ2) is 6.48. The topological polar surface area (TPSA) is 77.1 Å². The van der Waals surface area contributed by atoms with Crippen molar-refractivity contribution < 1.29 is 9.21 Å². The quantitative estimate of drug-likeness (QED) is 0.781. The van der Waals surface area contributed by atoms with E-state index in [-0.39, 0.29) is 5.91 Å². The Hall–Kier alpha value is -2.89. The molecule has 2 heterocycles. The minimum atomic E-state index is -0.644. The highest BCUT2D eigenvalue weighted by molar-refractivity contribution is 5.82. The van der Waals surface area contributed by atoms with Gasteiger partial charge < -0.3 is 9.73 Å². The van der Waals surface area contributed by atoms with E-state index in [0.29, 0.717) is 24.1 Å². The summed E-state index contributed by atoms with van der Waals surface area (Å²) in [4.78, 5) is 28.5. The Morgan fingerprint density at radius 3 is 2.83 bits per heavy atom. The van der Waals surface area contributed by atoms with E-state index in [1.807, 2.05) is 18.2 Å². The van der Waals surface area contributed by atoms with Crippen LogP contribution >= 0.6 is 0 Å². The van der Waals surface area contributed by atoms with Crippen molar-refractivity contribution in [1.29, 1.82) is 0 Å². The van der Waals surface area contributed by atoms with Gasteiger partial charge in [-0.3, -0.25) is 14.3 Å². The van der Waals surface area contributed by atoms with Crippen LogP contribution in [-0.2, 0) is 11.2 Å². The fourth-order valence-electron chi connectivity index (χ4n) is 2.48. The molecule has 0 spiro atoms. The molecular weight excluding hydrogens is 294 g/mol. The maximum Gasteiger partial charge on any atom is 0.420 e. The summed E-state index contributed by atoms with van der Waals surface area (Å²) in [5.74, 6) is -0.756. The first-order chi connectivity index (χ1) is 11.2. The Balaban J connectivity index is 1.69. The molecule has 1 unspecified atom stereocenters. The van der Waals surface area contributed by atoms with Crippen molar-refractivity contribution in [1.82, 2.24) is 14.9 Å². The highest BCUT2D eigenvalue weighted by Crippen LogP contribution is 2.16. The van der Waals surface area contributed by atoms with E-state index in [0.717, 1.165) is 5.69 Å². The number of para-hydroxylation sites is 2.